The molecule has 0 saturated carbocycles. The average molecular weight is 347 g/mol. The number of pyridine rings is 1. The number of rotatable bonds is 5. The zero-order valence-corrected chi connectivity index (χ0v) is 13.9. The topological polar surface area (TPSA) is 42.0 Å². The molecule has 0 saturated heterocycles. The number of benzene rings is 1. The van der Waals surface area contributed by atoms with Crippen molar-refractivity contribution >= 4 is 21.8 Å². The highest BCUT2D eigenvalue weighted by Gasteiger charge is 2.10. The molecule has 0 unspecified atom stereocenters. The van der Waals surface area contributed by atoms with Gasteiger partial charge in [-0.3, -0.25) is 9.78 Å². The van der Waals surface area contributed by atoms with E-state index in [1.54, 1.807) is 6.20 Å². The number of nitrogens with zero attached hydrogens (tertiary/aromatic N) is 1. The first-order valence-electron chi connectivity index (χ1n) is 6.99. The second kappa shape index (κ2) is 7.36. The molecule has 0 radical (unpaired) electrons. The molecule has 110 valence electrons. The third-order valence-electron chi connectivity index (χ3n) is 3.23. The molecule has 3 nitrogen and oxygen atoms in total. The first-order valence-corrected chi connectivity index (χ1v) is 7.78. The van der Waals surface area contributed by atoms with E-state index in [4.69, 9.17) is 0 Å². The first-order chi connectivity index (χ1) is 10.0. The van der Waals surface area contributed by atoms with Crippen molar-refractivity contribution in [2.75, 3.05) is 0 Å². The lowest BCUT2D eigenvalue weighted by atomic mass is 10.1. The highest BCUT2D eigenvalue weighted by Crippen LogP contribution is 2.17. The molecule has 1 aromatic carbocycles. The average Bonchev–Trinajstić information content (AvgIpc) is 2.44. The van der Waals surface area contributed by atoms with Gasteiger partial charge < -0.3 is 5.32 Å². The van der Waals surface area contributed by atoms with Crippen LogP contribution in [-0.4, -0.2) is 16.9 Å². The summed E-state index contributed by atoms with van der Waals surface area (Å²) >= 11 is 3.53. The summed E-state index contributed by atoms with van der Waals surface area (Å²) in [6.45, 7) is 3.95. The van der Waals surface area contributed by atoms with Crippen LogP contribution in [0.25, 0.3) is 0 Å². The minimum absolute atomic E-state index is 0.0280. The number of aryl methyl sites for hydroxylation is 1. The Hall–Kier alpha value is -1.68. The Morgan fingerprint density at radius 1 is 1.29 bits per heavy atom. The van der Waals surface area contributed by atoms with E-state index in [0.717, 1.165) is 22.2 Å². The minimum Gasteiger partial charge on any atom is -0.353 e. The Bertz CT molecular complexity index is 610. The molecule has 1 heterocycles. The Morgan fingerprint density at radius 2 is 2.05 bits per heavy atom. The van der Waals surface area contributed by atoms with Crippen molar-refractivity contribution < 1.29 is 4.79 Å². The van der Waals surface area contributed by atoms with Crippen LogP contribution in [0.5, 0.6) is 0 Å². The largest absolute Gasteiger partial charge is 0.353 e. The lowest BCUT2D eigenvalue weighted by Gasteiger charge is -2.15. The zero-order valence-electron chi connectivity index (χ0n) is 12.3. The van der Waals surface area contributed by atoms with E-state index in [1.807, 2.05) is 44.2 Å². The van der Waals surface area contributed by atoms with E-state index in [1.165, 1.54) is 5.56 Å². The summed E-state index contributed by atoms with van der Waals surface area (Å²) in [4.78, 5) is 16.2. The predicted molar refractivity (Wildman–Crippen MR) is 88.1 cm³/mol. The number of amides is 1. The van der Waals surface area contributed by atoms with E-state index in [2.05, 4.69) is 32.3 Å². The molecule has 2 rings (SSSR count). The van der Waals surface area contributed by atoms with Crippen molar-refractivity contribution in [2.45, 2.75) is 32.7 Å². The van der Waals surface area contributed by atoms with Crippen molar-refractivity contribution in [1.82, 2.24) is 10.3 Å². The molecule has 1 amide bonds. The van der Waals surface area contributed by atoms with Crippen LogP contribution in [0.3, 0.4) is 0 Å². The maximum Gasteiger partial charge on any atom is 0.224 e. The van der Waals surface area contributed by atoms with Gasteiger partial charge in [-0.1, -0.05) is 40.2 Å². The number of hydrogen-bond acceptors (Lipinski definition) is 2. The number of carbonyl (C=O) groups is 1. The maximum absolute atomic E-state index is 12.0. The van der Waals surface area contributed by atoms with Crippen molar-refractivity contribution in [2.24, 2.45) is 0 Å². The second-order valence-corrected chi connectivity index (χ2v) is 6.10. The number of nitrogens with one attached hydrogen (secondary N) is 1. The zero-order chi connectivity index (χ0) is 15.2. The number of halogens is 1. The molecule has 4 heteroatoms. The van der Waals surface area contributed by atoms with Gasteiger partial charge in [-0.05, 0) is 43.5 Å². The summed E-state index contributed by atoms with van der Waals surface area (Å²) < 4.78 is 1.08. The fourth-order valence-electron chi connectivity index (χ4n) is 2.16. The van der Waals surface area contributed by atoms with Crippen LogP contribution in [-0.2, 0) is 17.6 Å². The molecule has 0 aliphatic rings. The fourth-order valence-corrected chi connectivity index (χ4v) is 2.61. The van der Waals surface area contributed by atoms with Gasteiger partial charge in [0.2, 0.25) is 5.91 Å². The van der Waals surface area contributed by atoms with Gasteiger partial charge in [0.05, 0.1) is 6.42 Å². The van der Waals surface area contributed by atoms with Crippen LogP contribution in [0.2, 0.25) is 0 Å². The molecular weight excluding hydrogens is 328 g/mol. The summed E-state index contributed by atoms with van der Waals surface area (Å²) in [7, 11) is 0. The monoisotopic (exact) mass is 346 g/mol. The van der Waals surface area contributed by atoms with Crippen molar-refractivity contribution in [3.8, 4) is 0 Å². The molecule has 1 atom stereocenters. The summed E-state index contributed by atoms with van der Waals surface area (Å²) in [5, 5.41) is 3.03. The minimum atomic E-state index is 0.0280. The van der Waals surface area contributed by atoms with E-state index < -0.39 is 0 Å². The normalized spacial score (nSPS) is 12.0. The maximum atomic E-state index is 12.0. The lowest BCUT2D eigenvalue weighted by Crippen LogP contribution is -2.35. The van der Waals surface area contributed by atoms with Crippen LogP contribution in [0.4, 0.5) is 0 Å². The van der Waals surface area contributed by atoms with Gasteiger partial charge in [0, 0.05) is 22.4 Å². The van der Waals surface area contributed by atoms with Crippen LogP contribution in [0.1, 0.15) is 23.7 Å². The molecule has 0 aliphatic heterocycles. The standard InChI is InChI=1S/C17H19BrN2O/c1-12-7-8-14(11-19-12)10-17(21)20-13(2)9-15-5-3-4-6-16(15)18/h3-8,11,13H,9-10H2,1-2H3,(H,20,21)/t13-/m0/s1. The number of aromatic nitrogens is 1. The summed E-state index contributed by atoms with van der Waals surface area (Å²) in [6.07, 6.45) is 2.93. The van der Waals surface area contributed by atoms with Gasteiger partial charge >= 0.3 is 0 Å². The predicted octanol–water partition coefficient (Wildman–Crippen LogP) is 3.44. The summed E-state index contributed by atoms with van der Waals surface area (Å²) in [5.74, 6) is 0.0280. The van der Waals surface area contributed by atoms with Gasteiger partial charge in [-0.2, -0.15) is 0 Å². The van der Waals surface area contributed by atoms with Crippen LogP contribution in [0.15, 0.2) is 47.1 Å². The molecule has 0 bridgehead atoms. The molecule has 0 fully saturated rings. The third-order valence-corrected chi connectivity index (χ3v) is 4.00. The van der Waals surface area contributed by atoms with E-state index in [9.17, 15) is 4.79 Å². The van der Waals surface area contributed by atoms with Gasteiger partial charge in [0.25, 0.3) is 0 Å². The van der Waals surface area contributed by atoms with Crippen molar-refractivity contribution in [1.29, 1.82) is 0 Å². The van der Waals surface area contributed by atoms with E-state index in [0.29, 0.717) is 6.42 Å². The number of hydrogen-bond donors (Lipinski definition) is 1. The molecule has 2 aromatic rings. The molecule has 21 heavy (non-hydrogen) atoms. The summed E-state index contributed by atoms with van der Waals surface area (Å²) in [6, 6.07) is 12.0. The van der Waals surface area contributed by atoms with Gasteiger partial charge in [-0.25, -0.2) is 0 Å². The van der Waals surface area contributed by atoms with Crippen LogP contribution >= 0.6 is 15.9 Å². The van der Waals surface area contributed by atoms with Crippen LogP contribution in [0, 0.1) is 6.92 Å². The van der Waals surface area contributed by atoms with Gasteiger partial charge in [-0.15, -0.1) is 0 Å². The Kier molecular flexibility index (Phi) is 5.51. The lowest BCUT2D eigenvalue weighted by molar-refractivity contribution is -0.121. The molecule has 1 aromatic heterocycles. The molecular formula is C17H19BrN2O. The molecule has 0 aliphatic carbocycles. The van der Waals surface area contributed by atoms with E-state index in [-0.39, 0.29) is 11.9 Å². The molecule has 1 N–H and O–H groups in total. The Balaban J connectivity index is 1.87. The van der Waals surface area contributed by atoms with Gasteiger partial charge in [0.1, 0.15) is 0 Å². The Labute approximate surface area is 133 Å². The van der Waals surface area contributed by atoms with Crippen molar-refractivity contribution in [3.63, 3.8) is 0 Å². The smallest absolute Gasteiger partial charge is 0.224 e. The SMILES string of the molecule is Cc1ccc(CC(=O)N[C@@H](C)Cc2ccccc2Br)cn1. The molecule has 0 spiro atoms. The van der Waals surface area contributed by atoms with Crippen molar-refractivity contribution in [3.05, 3.63) is 63.9 Å². The van der Waals surface area contributed by atoms with E-state index >= 15 is 0 Å². The Morgan fingerprint density at radius 3 is 2.71 bits per heavy atom. The highest BCUT2D eigenvalue weighted by atomic mass is 79.9. The summed E-state index contributed by atoms with van der Waals surface area (Å²) in [5.41, 5.74) is 3.09. The highest BCUT2D eigenvalue weighted by molar-refractivity contribution is 9.10. The van der Waals surface area contributed by atoms with Crippen LogP contribution < -0.4 is 5.32 Å². The third kappa shape index (κ3) is 4.97. The fraction of sp³-hybridized carbons (Fsp3) is 0.294. The van der Waals surface area contributed by atoms with Gasteiger partial charge in [0.15, 0.2) is 0 Å². The first kappa shape index (κ1) is 15.7. The number of carbonyl (C=O) groups excluding carboxylic acids is 1. The second-order valence-electron chi connectivity index (χ2n) is 5.25. The quantitative estimate of drug-likeness (QED) is 0.900.